The van der Waals surface area contributed by atoms with Crippen molar-refractivity contribution in [1.29, 1.82) is 0 Å². The van der Waals surface area contributed by atoms with E-state index in [1.807, 2.05) is 62.4 Å². The summed E-state index contributed by atoms with van der Waals surface area (Å²) in [5.41, 5.74) is 4.10. The highest BCUT2D eigenvalue weighted by Crippen LogP contribution is 2.22. The van der Waals surface area contributed by atoms with Crippen LogP contribution in [-0.2, 0) is 11.3 Å². The van der Waals surface area contributed by atoms with Gasteiger partial charge in [0, 0.05) is 17.8 Å². The number of likely N-dealkylation sites (tertiary alicyclic amines) is 1. The highest BCUT2D eigenvalue weighted by molar-refractivity contribution is 5.92. The van der Waals surface area contributed by atoms with Gasteiger partial charge in [0.1, 0.15) is 0 Å². The zero-order chi connectivity index (χ0) is 20.2. The number of hydrogen-bond donors (Lipinski definition) is 1. The van der Waals surface area contributed by atoms with Gasteiger partial charge in [-0.1, -0.05) is 35.0 Å². The molecule has 1 atom stereocenters. The lowest BCUT2D eigenvalue weighted by Gasteiger charge is -2.31. The molecule has 1 saturated heterocycles. The van der Waals surface area contributed by atoms with E-state index in [-0.39, 0.29) is 11.8 Å². The van der Waals surface area contributed by atoms with Gasteiger partial charge >= 0.3 is 0 Å². The molecule has 1 aliphatic heterocycles. The molecule has 2 aromatic carbocycles. The maximum Gasteiger partial charge on any atom is 0.257 e. The van der Waals surface area contributed by atoms with Crippen molar-refractivity contribution in [2.24, 2.45) is 5.92 Å². The summed E-state index contributed by atoms with van der Waals surface area (Å²) in [5, 5.41) is 7.18. The van der Waals surface area contributed by atoms with Gasteiger partial charge in [0.15, 0.2) is 5.82 Å². The number of rotatable bonds is 5. The summed E-state index contributed by atoms with van der Waals surface area (Å²) < 4.78 is 5.43. The number of anilines is 1. The first-order valence-electron chi connectivity index (χ1n) is 10.1. The van der Waals surface area contributed by atoms with Gasteiger partial charge in [0.2, 0.25) is 5.91 Å². The van der Waals surface area contributed by atoms with Crippen LogP contribution in [0, 0.1) is 19.8 Å². The molecule has 0 spiro atoms. The minimum Gasteiger partial charge on any atom is -0.334 e. The van der Waals surface area contributed by atoms with Crippen LogP contribution in [-0.4, -0.2) is 34.0 Å². The summed E-state index contributed by atoms with van der Waals surface area (Å²) in [7, 11) is 0. The minimum absolute atomic E-state index is 0.0345. The van der Waals surface area contributed by atoms with E-state index in [2.05, 4.69) is 20.4 Å². The fourth-order valence-electron chi connectivity index (χ4n) is 3.71. The molecule has 4 rings (SSSR count). The summed E-state index contributed by atoms with van der Waals surface area (Å²) in [4.78, 5) is 19.5. The molecule has 6 nitrogen and oxygen atoms in total. The van der Waals surface area contributed by atoms with Crippen LogP contribution >= 0.6 is 0 Å². The van der Waals surface area contributed by atoms with Crippen molar-refractivity contribution in [2.75, 3.05) is 18.4 Å². The third-order valence-electron chi connectivity index (χ3n) is 5.29. The van der Waals surface area contributed by atoms with Gasteiger partial charge in [-0.25, -0.2) is 0 Å². The normalized spacial score (nSPS) is 17.2. The number of nitrogens with zero attached hydrogens (tertiary/aromatic N) is 3. The molecular formula is C23H26N4O2. The lowest BCUT2D eigenvalue weighted by molar-refractivity contribution is -0.121. The number of benzene rings is 2. The van der Waals surface area contributed by atoms with Gasteiger partial charge in [-0.05, 0) is 63.1 Å². The zero-order valence-electron chi connectivity index (χ0n) is 16.9. The minimum atomic E-state index is -0.0345. The maximum absolute atomic E-state index is 12.7. The van der Waals surface area contributed by atoms with Gasteiger partial charge in [0.05, 0.1) is 12.5 Å². The average molecular weight is 390 g/mol. The van der Waals surface area contributed by atoms with Crippen LogP contribution in [0.4, 0.5) is 5.69 Å². The predicted octanol–water partition coefficient (Wildman–Crippen LogP) is 4.20. The number of amides is 1. The molecular weight excluding hydrogens is 364 g/mol. The molecule has 1 amide bonds. The standard InChI is InChI=1S/C23H26N4O2/c1-16-8-10-18(11-9-16)23-25-21(26-29-23)15-27-12-4-6-19(14-27)22(28)24-20-7-3-5-17(2)13-20/h3,5,7-11,13,19H,4,6,12,14-15H2,1-2H3,(H,24,28)/t19-/m1/s1. The molecule has 2 heterocycles. The summed E-state index contributed by atoms with van der Waals surface area (Å²) >= 11 is 0. The first kappa shape index (κ1) is 19.3. The molecule has 3 aromatic rings. The molecule has 0 saturated carbocycles. The summed E-state index contributed by atoms with van der Waals surface area (Å²) in [6, 6.07) is 15.9. The van der Waals surface area contributed by atoms with Crippen LogP contribution in [0.15, 0.2) is 53.1 Å². The van der Waals surface area contributed by atoms with Crippen LogP contribution in [0.1, 0.15) is 29.8 Å². The smallest absolute Gasteiger partial charge is 0.257 e. The van der Waals surface area contributed by atoms with E-state index in [1.165, 1.54) is 5.56 Å². The molecule has 0 radical (unpaired) electrons. The third kappa shape index (κ3) is 4.90. The van der Waals surface area contributed by atoms with Gasteiger partial charge in [0.25, 0.3) is 5.89 Å². The number of aromatic nitrogens is 2. The van der Waals surface area contributed by atoms with E-state index < -0.39 is 0 Å². The van der Waals surface area contributed by atoms with Crippen LogP contribution < -0.4 is 5.32 Å². The van der Waals surface area contributed by atoms with E-state index in [4.69, 9.17) is 4.52 Å². The molecule has 1 fully saturated rings. The van der Waals surface area contributed by atoms with Gasteiger partial charge in [-0.2, -0.15) is 4.98 Å². The zero-order valence-corrected chi connectivity index (χ0v) is 16.9. The Bertz CT molecular complexity index is 981. The molecule has 1 aliphatic rings. The van der Waals surface area contributed by atoms with Crippen LogP contribution in [0.2, 0.25) is 0 Å². The van der Waals surface area contributed by atoms with Gasteiger partial charge < -0.3 is 9.84 Å². The van der Waals surface area contributed by atoms with Crippen LogP contribution in [0.5, 0.6) is 0 Å². The van der Waals surface area contributed by atoms with E-state index in [9.17, 15) is 4.79 Å². The van der Waals surface area contributed by atoms with E-state index >= 15 is 0 Å². The number of carbonyl (C=O) groups excluding carboxylic acids is 1. The Kier molecular flexibility index (Phi) is 5.71. The maximum atomic E-state index is 12.7. The number of piperidine rings is 1. The van der Waals surface area contributed by atoms with Crippen molar-refractivity contribution in [3.63, 3.8) is 0 Å². The van der Waals surface area contributed by atoms with E-state index in [0.29, 0.717) is 24.8 Å². The topological polar surface area (TPSA) is 71.3 Å². The molecule has 150 valence electrons. The Morgan fingerprint density at radius 2 is 2.00 bits per heavy atom. The van der Waals surface area contributed by atoms with Gasteiger partial charge in [-0.3, -0.25) is 9.69 Å². The lowest BCUT2D eigenvalue weighted by Crippen LogP contribution is -2.40. The highest BCUT2D eigenvalue weighted by Gasteiger charge is 2.27. The Hall–Kier alpha value is -2.99. The average Bonchev–Trinajstić information content (AvgIpc) is 3.17. The number of hydrogen-bond acceptors (Lipinski definition) is 5. The Morgan fingerprint density at radius 1 is 1.17 bits per heavy atom. The SMILES string of the molecule is Cc1ccc(-c2nc(CN3CCC[C@@H](C(=O)Nc4cccc(C)c4)C3)no2)cc1. The second-order valence-corrected chi connectivity index (χ2v) is 7.81. The first-order chi connectivity index (χ1) is 14.1. The Morgan fingerprint density at radius 3 is 2.79 bits per heavy atom. The molecule has 0 bridgehead atoms. The van der Waals surface area contributed by atoms with E-state index in [1.54, 1.807) is 0 Å². The number of nitrogens with one attached hydrogen (secondary N) is 1. The van der Waals surface area contributed by atoms with Crippen molar-refractivity contribution in [3.05, 3.63) is 65.5 Å². The Labute approximate surface area is 170 Å². The summed E-state index contributed by atoms with van der Waals surface area (Å²) in [6.45, 7) is 6.29. The number of aryl methyl sites for hydroxylation is 2. The molecule has 6 heteroatoms. The van der Waals surface area contributed by atoms with E-state index in [0.717, 1.165) is 36.2 Å². The second kappa shape index (κ2) is 8.57. The van der Waals surface area contributed by atoms with Crippen LogP contribution in [0.3, 0.4) is 0 Å². The second-order valence-electron chi connectivity index (χ2n) is 7.81. The van der Waals surface area contributed by atoms with Crippen molar-refractivity contribution in [1.82, 2.24) is 15.0 Å². The van der Waals surface area contributed by atoms with Crippen molar-refractivity contribution < 1.29 is 9.32 Å². The van der Waals surface area contributed by atoms with Crippen molar-refractivity contribution >= 4 is 11.6 Å². The fourth-order valence-corrected chi connectivity index (χ4v) is 3.71. The summed E-state index contributed by atoms with van der Waals surface area (Å²) in [6.07, 6.45) is 1.88. The Balaban J connectivity index is 1.36. The summed E-state index contributed by atoms with van der Waals surface area (Å²) in [5.74, 6) is 1.23. The monoisotopic (exact) mass is 390 g/mol. The molecule has 1 N–H and O–H groups in total. The lowest BCUT2D eigenvalue weighted by atomic mass is 9.97. The first-order valence-corrected chi connectivity index (χ1v) is 10.1. The van der Waals surface area contributed by atoms with Crippen LogP contribution in [0.25, 0.3) is 11.5 Å². The van der Waals surface area contributed by atoms with Crippen molar-refractivity contribution in [3.8, 4) is 11.5 Å². The highest BCUT2D eigenvalue weighted by atomic mass is 16.5. The van der Waals surface area contributed by atoms with Crippen molar-refractivity contribution in [2.45, 2.75) is 33.2 Å². The molecule has 29 heavy (non-hydrogen) atoms. The quantitative estimate of drug-likeness (QED) is 0.707. The fraction of sp³-hybridized carbons (Fsp3) is 0.348. The third-order valence-corrected chi connectivity index (χ3v) is 5.29. The van der Waals surface area contributed by atoms with Gasteiger partial charge in [-0.15, -0.1) is 0 Å². The largest absolute Gasteiger partial charge is 0.334 e. The number of carbonyl (C=O) groups is 1. The molecule has 1 aromatic heterocycles. The predicted molar refractivity (Wildman–Crippen MR) is 112 cm³/mol. The molecule has 0 aliphatic carbocycles. The molecule has 0 unspecified atom stereocenters.